The average Bonchev–Trinajstić information content (AvgIpc) is 2.59. The van der Waals surface area contributed by atoms with Crippen molar-refractivity contribution in [2.75, 3.05) is 5.73 Å². The maximum Gasteiger partial charge on any atom is 0.332 e. The predicted octanol–water partition coefficient (Wildman–Crippen LogP) is 0.588. The molecule has 0 radical (unpaired) electrons. The molecule has 1 aromatic heterocycles. The van der Waals surface area contributed by atoms with Crippen LogP contribution in [0.1, 0.15) is 35.8 Å². The Morgan fingerprint density at radius 1 is 1.08 bits per heavy atom. The van der Waals surface area contributed by atoms with Crippen molar-refractivity contribution in [2.24, 2.45) is 14.1 Å². The van der Waals surface area contributed by atoms with Gasteiger partial charge in [0.15, 0.2) is 5.78 Å². The standard InChI is InChI=1S/C17H22N4O3/c1-10(12-8-6-5-7-9-12)19-11(2)14(22)13-15(18)20(3)17(24)21(4)16(13)23/h5-11,19H,18H2,1-4H3/t10-,11+/m1/s1. The van der Waals surface area contributed by atoms with Crippen LogP contribution in [0.2, 0.25) is 0 Å². The first kappa shape index (κ1) is 17.7. The molecule has 2 aromatic rings. The lowest BCUT2D eigenvalue weighted by Crippen LogP contribution is -2.45. The summed E-state index contributed by atoms with van der Waals surface area (Å²) in [5, 5.41) is 3.16. The fourth-order valence-electron chi connectivity index (χ4n) is 2.60. The number of carbonyl (C=O) groups is 1. The van der Waals surface area contributed by atoms with E-state index in [9.17, 15) is 14.4 Å². The van der Waals surface area contributed by atoms with Gasteiger partial charge in [0, 0.05) is 20.1 Å². The number of Topliss-reactive ketones (excluding diaryl/α,β-unsaturated/α-hetero) is 1. The molecule has 0 spiro atoms. The molecule has 0 aliphatic heterocycles. The SMILES string of the molecule is C[C@H](N[C@H](C)c1ccccc1)C(=O)c1c(N)n(C)c(=O)n(C)c1=O. The molecular formula is C17H22N4O3. The maximum atomic E-state index is 12.7. The summed E-state index contributed by atoms with van der Waals surface area (Å²) < 4.78 is 1.99. The van der Waals surface area contributed by atoms with E-state index in [0.717, 1.165) is 14.7 Å². The summed E-state index contributed by atoms with van der Waals surface area (Å²) in [5.41, 5.74) is 5.45. The molecule has 2 atom stereocenters. The van der Waals surface area contributed by atoms with Gasteiger partial charge in [-0.1, -0.05) is 30.3 Å². The number of anilines is 1. The zero-order chi connectivity index (χ0) is 18.0. The Balaban J connectivity index is 2.33. The highest BCUT2D eigenvalue weighted by Gasteiger charge is 2.25. The van der Waals surface area contributed by atoms with Crippen molar-refractivity contribution in [1.29, 1.82) is 0 Å². The molecule has 7 nitrogen and oxygen atoms in total. The van der Waals surface area contributed by atoms with Gasteiger partial charge in [-0.15, -0.1) is 0 Å². The van der Waals surface area contributed by atoms with Crippen LogP contribution in [-0.2, 0) is 14.1 Å². The van der Waals surface area contributed by atoms with Crippen molar-refractivity contribution in [3.63, 3.8) is 0 Å². The maximum absolute atomic E-state index is 12.7. The Bertz CT molecular complexity index is 868. The molecule has 3 N–H and O–H groups in total. The second kappa shape index (κ2) is 6.84. The molecule has 128 valence electrons. The molecule has 1 heterocycles. The number of nitrogens with zero attached hydrogens (tertiary/aromatic N) is 2. The van der Waals surface area contributed by atoms with E-state index in [4.69, 9.17) is 5.73 Å². The van der Waals surface area contributed by atoms with E-state index in [1.54, 1.807) is 6.92 Å². The van der Waals surface area contributed by atoms with Gasteiger partial charge >= 0.3 is 5.69 Å². The summed E-state index contributed by atoms with van der Waals surface area (Å²) in [7, 11) is 2.75. The Labute approximate surface area is 139 Å². The molecule has 2 rings (SSSR count). The lowest BCUT2D eigenvalue weighted by atomic mass is 10.0. The van der Waals surface area contributed by atoms with E-state index in [1.807, 2.05) is 37.3 Å². The van der Waals surface area contributed by atoms with Crippen molar-refractivity contribution >= 4 is 11.6 Å². The lowest BCUT2D eigenvalue weighted by Gasteiger charge is -2.20. The monoisotopic (exact) mass is 330 g/mol. The Morgan fingerprint density at radius 3 is 2.25 bits per heavy atom. The number of carbonyl (C=O) groups excluding carboxylic acids is 1. The smallest absolute Gasteiger partial charge is 0.332 e. The van der Waals surface area contributed by atoms with Crippen molar-refractivity contribution < 1.29 is 4.79 Å². The van der Waals surface area contributed by atoms with Crippen LogP contribution >= 0.6 is 0 Å². The third-order valence-corrected chi connectivity index (χ3v) is 4.15. The van der Waals surface area contributed by atoms with E-state index in [2.05, 4.69) is 5.32 Å². The molecule has 24 heavy (non-hydrogen) atoms. The van der Waals surface area contributed by atoms with Crippen molar-refractivity contribution in [3.05, 3.63) is 62.3 Å². The van der Waals surface area contributed by atoms with E-state index < -0.39 is 23.1 Å². The second-order valence-corrected chi connectivity index (χ2v) is 5.85. The van der Waals surface area contributed by atoms with Gasteiger partial charge in [-0.05, 0) is 19.4 Å². The minimum Gasteiger partial charge on any atom is -0.384 e. The van der Waals surface area contributed by atoms with Crippen LogP contribution in [-0.4, -0.2) is 21.0 Å². The number of nitrogens with two attached hydrogens (primary N) is 1. The van der Waals surface area contributed by atoms with Crippen molar-refractivity contribution in [1.82, 2.24) is 14.5 Å². The number of hydrogen-bond acceptors (Lipinski definition) is 5. The molecule has 0 amide bonds. The molecular weight excluding hydrogens is 308 g/mol. The summed E-state index contributed by atoms with van der Waals surface area (Å²) in [4.78, 5) is 36.8. The molecule has 7 heteroatoms. The molecule has 0 saturated heterocycles. The minimum atomic E-state index is -0.679. The van der Waals surface area contributed by atoms with Gasteiger partial charge in [-0.3, -0.25) is 18.7 Å². The minimum absolute atomic E-state index is 0.0808. The first-order valence-corrected chi connectivity index (χ1v) is 7.66. The summed E-state index contributed by atoms with van der Waals surface area (Å²) in [5.74, 6) is -0.555. The highest BCUT2D eigenvalue weighted by molar-refractivity contribution is 6.03. The highest BCUT2D eigenvalue weighted by atomic mass is 16.2. The number of hydrogen-bond donors (Lipinski definition) is 2. The van der Waals surface area contributed by atoms with Gasteiger partial charge in [0.25, 0.3) is 5.56 Å². The van der Waals surface area contributed by atoms with E-state index in [1.165, 1.54) is 14.1 Å². The molecule has 0 aliphatic carbocycles. The zero-order valence-corrected chi connectivity index (χ0v) is 14.2. The fourth-order valence-corrected chi connectivity index (χ4v) is 2.60. The van der Waals surface area contributed by atoms with Gasteiger partial charge in [0.05, 0.1) is 6.04 Å². The molecule has 0 bridgehead atoms. The van der Waals surface area contributed by atoms with Crippen LogP contribution < -0.4 is 22.3 Å². The zero-order valence-electron chi connectivity index (χ0n) is 14.2. The Kier molecular flexibility index (Phi) is 5.04. The van der Waals surface area contributed by atoms with Crippen LogP contribution in [0.25, 0.3) is 0 Å². The first-order valence-electron chi connectivity index (χ1n) is 7.66. The number of nitrogens with one attached hydrogen (secondary N) is 1. The summed E-state index contributed by atoms with van der Waals surface area (Å²) in [6.45, 7) is 3.60. The Hall–Kier alpha value is -2.67. The van der Waals surface area contributed by atoms with Gasteiger partial charge < -0.3 is 11.1 Å². The van der Waals surface area contributed by atoms with Crippen LogP contribution in [0, 0.1) is 0 Å². The molecule has 0 aliphatic rings. The van der Waals surface area contributed by atoms with Gasteiger partial charge in [-0.2, -0.15) is 0 Å². The van der Waals surface area contributed by atoms with E-state index >= 15 is 0 Å². The number of rotatable bonds is 5. The fraction of sp³-hybridized carbons (Fsp3) is 0.353. The van der Waals surface area contributed by atoms with Crippen molar-refractivity contribution in [3.8, 4) is 0 Å². The normalized spacial score (nSPS) is 13.5. The number of aromatic nitrogens is 2. The molecule has 0 fully saturated rings. The summed E-state index contributed by atoms with van der Waals surface area (Å²) in [6, 6.07) is 8.94. The van der Waals surface area contributed by atoms with Gasteiger partial charge in [0.1, 0.15) is 11.4 Å². The third kappa shape index (κ3) is 3.16. The van der Waals surface area contributed by atoms with Crippen molar-refractivity contribution in [2.45, 2.75) is 25.9 Å². The molecule has 0 saturated carbocycles. The lowest BCUT2D eigenvalue weighted by molar-refractivity contribution is 0.0943. The summed E-state index contributed by atoms with van der Waals surface area (Å²) in [6.07, 6.45) is 0. The number of nitrogen functional groups attached to an aromatic ring is 1. The second-order valence-electron chi connectivity index (χ2n) is 5.85. The quantitative estimate of drug-likeness (QED) is 0.782. The first-order chi connectivity index (χ1) is 11.3. The van der Waals surface area contributed by atoms with Crippen LogP contribution in [0.15, 0.2) is 39.9 Å². The van der Waals surface area contributed by atoms with Crippen LogP contribution in [0.3, 0.4) is 0 Å². The number of benzene rings is 1. The Morgan fingerprint density at radius 2 is 1.67 bits per heavy atom. The van der Waals surface area contributed by atoms with Crippen LogP contribution in [0.4, 0.5) is 5.82 Å². The van der Waals surface area contributed by atoms with Gasteiger partial charge in [-0.25, -0.2) is 4.79 Å². The number of ketones is 1. The van der Waals surface area contributed by atoms with E-state index in [0.29, 0.717) is 0 Å². The predicted molar refractivity (Wildman–Crippen MR) is 93.1 cm³/mol. The molecule has 0 unspecified atom stereocenters. The van der Waals surface area contributed by atoms with Gasteiger partial charge in [0.2, 0.25) is 0 Å². The average molecular weight is 330 g/mol. The van der Waals surface area contributed by atoms with Crippen LogP contribution in [0.5, 0.6) is 0 Å². The largest absolute Gasteiger partial charge is 0.384 e. The summed E-state index contributed by atoms with van der Waals surface area (Å²) >= 11 is 0. The third-order valence-electron chi connectivity index (χ3n) is 4.15. The molecule has 1 aromatic carbocycles. The highest BCUT2D eigenvalue weighted by Crippen LogP contribution is 2.14. The van der Waals surface area contributed by atoms with E-state index in [-0.39, 0.29) is 17.4 Å². The topological polar surface area (TPSA) is 99.1 Å².